The molecule has 3 aromatic rings. The quantitative estimate of drug-likeness (QED) is 0.665. The van der Waals surface area contributed by atoms with Gasteiger partial charge in [-0.1, -0.05) is 48.0 Å². The number of hydrogen-bond acceptors (Lipinski definition) is 3. The number of rotatable bonds is 1. The van der Waals surface area contributed by atoms with Crippen LogP contribution in [0.15, 0.2) is 65.6 Å². The van der Waals surface area contributed by atoms with Gasteiger partial charge in [0.2, 0.25) is 0 Å². The topological polar surface area (TPSA) is 51.2 Å². The third-order valence-electron chi connectivity index (χ3n) is 4.14. The minimum atomic E-state index is -3.75. The average Bonchev–Trinajstić information content (AvgIpc) is 2.73. The smallest absolute Gasteiger partial charge is 0.193 e. The molecule has 0 amide bonds. The van der Waals surface area contributed by atoms with E-state index in [0.717, 1.165) is 10.8 Å². The number of halogens is 1. The van der Waals surface area contributed by atoms with Gasteiger partial charge in [-0.15, -0.1) is 0 Å². The molecule has 1 aliphatic rings. The molecule has 0 saturated carbocycles. The summed E-state index contributed by atoms with van der Waals surface area (Å²) in [6.45, 7) is 0. The van der Waals surface area contributed by atoms with Gasteiger partial charge in [-0.2, -0.15) is 0 Å². The summed E-state index contributed by atoms with van der Waals surface area (Å²) in [5, 5.41) is 0.970. The molecule has 1 aliphatic heterocycles. The first-order chi connectivity index (χ1) is 11.0. The fourth-order valence-electron chi connectivity index (χ4n) is 3.02. The summed E-state index contributed by atoms with van der Waals surface area (Å²) < 4.78 is 25.7. The summed E-state index contributed by atoms with van der Waals surface area (Å²) in [4.78, 5) is 12.8. The van der Waals surface area contributed by atoms with Crippen molar-refractivity contribution in [1.82, 2.24) is 0 Å². The van der Waals surface area contributed by atoms with E-state index in [1.165, 1.54) is 0 Å². The van der Waals surface area contributed by atoms with Crippen molar-refractivity contribution in [3.05, 3.63) is 76.8 Å². The molecule has 0 unspecified atom stereocenters. The minimum Gasteiger partial charge on any atom is -0.292 e. The van der Waals surface area contributed by atoms with Crippen LogP contribution in [0.3, 0.4) is 0 Å². The van der Waals surface area contributed by atoms with Crippen molar-refractivity contribution >= 4 is 38.0 Å². The lowest BCUT2D eigenvalue weighted by Gasteiger charge is -2.08. The molecule has 114 valence electrons. The van der Waals surface area contributed by atoms with Crippen LogP contribution in [0.5, 0.6) is 0 Å². The van der Waals surface area contributed by atoms with E-state index in [-0.39, 0.29) is 16.2 Å². The van der Waals surface area contributed by atoms with Crippen molar-refractivity contribution in [1.29, 1.82) is 0 Å². The monoisotopic (exact) mass is 342 g/mol. The zero-order valence-electron chi connectivity index (χ0n) is 11.9. The predicted molar refractivity (Wildman–Crippen MR) is 89.7 cm³/mol. The lowest BCUT2D eigenvalue weighted by Crippen LogP contribution is -2.13. The second-order valence-electron chi connectivity index (χ2n) is 5.54. The van der Waals surface area contributed by atoms with Crippen LogP contribution in [0.1, 0.15) is 21.2 Å². The van der Waals surface area contributed by atoms with E-state index in [1.54, 1.807) is 36.4 Å². The summed E-state index contributed by atoms with van der Waals surface area (Å²) in [5.74, 6) is -0.381. The van der Waals surface area contributed by atoms with Gasteiger partial charge in [0.15, 0.2) is 20.9 Å². The SMILES string of the molecule is O=C1c2cc3ccccc3cc2S(=O)(=O)[C@H]1c1ccc(Cl)cc1. The molecule has 0 saturated heterocycles. The fraction of sp³-hybridized carbons (Fsp3) is 0.0556. The van der Waals surface area contributed by atoms with Gasteiger partial charge in [0.1, 0.15) is 0 Å². The molecule has 0 radical (unpaired) electrons. The molecule has 1 heterocycles. The van der Waals surface area contributed by atoms with Crippen molar-refractivity contribution in [3.8, 4) is 0 Å². The number of benzene rings is 3. The second-order valence-corrected chi connectivity index (χ2v) is 7.97. The van der Waals surface area contributed by atoms with E-state index < -0.39 is 15.1 Å². The molecule has 3 nitrogen and oxygen atoms in total. The second kappa shape index (κ2) is 4.91. The van der Waals surface area contributed by atoms with Crippen LogP contribution >= 0.6 is 11.6 Å². The van der Waals surface area contributed by atoms with Gasteiger partial charge in [0, 0.05) is 10.6 Å². The molecule has 5 heteroatoms. The molecule has 0 fully saturated rings. The Hall–Kier alpha value is -2.17. The number of ketones is 1. The molecule has 0 aromatic heterocycles. The number of carbonyl (C=O) groups excluding carboxylic acids is 1. The number of sulfone groups is 1. The van der Waals surface area contributed by atoms with Crippen molar-refractivity contribution < 1.29 is 13.2 Å². The first-order valence-electron chi connectivity index (χ1n) is 7.05. The fourth-order valence-corrected chi connectivity index (χ4v) is 5.09. The number of fused-ring (bicyclic) bond motifs is 2. The third-order valence-corrected chi connectivity index (χ3v) is 6.45. The predicted octanol–water partition coefficient (Wildman–Crippen LogP) is 4.20. The molecule has 0 bridgehead atoms. The standard InChI is InChI=1S/C18H11ClO3S/c19-14-7-5-11(6-8-14)18-17(20)15-9-12-3-1-2-4-13(12)10-16(15)23(18,21)22/h1-10,18H/t18-/m0/s1. The van der Waals surface area contributed by atoms with Crippen LogP contribution in [0.25, 0.3) is 10.8 Å². The van der Waals surface area contributed by atoms with Gasteiger partial charge in [0.05, 0.1) is 4.90 Å². The van der Waals surface area contributed by atoms with Gasteiger partial charge in [-0.3, -0.25) is 4.79 Å². The molecule has 3 aromatic carbocycles. The van der Waals surface area contributed by atoms with E-state index in [4.69, 9.17) is 11.6 Å². The summed E-state index contributed by atoms with van der Waals surface area (Å²) >= 11 is 5.85. The van der Waals surface area contributed by atoms with E-state index in [1.807, 2.05) is 24.3 Å². The van der Waals surface area contributed by atoms with Crippen LogP contribution in [0.4, 0.5) is 0 Å². The van der Waals surface area contributed by atoms with Crippen molar-refractivity contribution in [2.45, 2.75) is 10.1 Å². The lowest BCUT2D eigenvalue weighted by atomic mass is 10.00. The zero-order chi connectivity index (χ0) is 16.2. The van der Waals surface area contributed by atoms with Crippen molar-refractivity contribution in [2.24, 2.45) is 0 Å². The Morgan fingerprint density at radius 2 is 1.48 bits per heavy atom. The van der Waals surface area contributed by atoms with Gasteiger partial charge < -0.3 is 0 Å². The Morgan fingerprint density at radius 1 is 0.870 bits per heavy atom. The molecule has 4 rings (SSSR count). The van der Waals surface area contributed by atoms with Gasteiger partial charge >= 0.3 is 0 Å². The van der Waals surface area contributed by atoms with Gasteiger partial charge in [-0.05, 0) is 40.6 Å². The number of carbonyl (C=O) groups is 1. The van der Waals surface area contributed by atoms with Gasteiger partial charge in [0.25, 0.3) is 0 Å². The van der Waals surface area contributed by atoms with Crippen LogP contribution in [0, 0.1) is 0 Å². The average molecular weight is 343 g/mol. The van der Waals surface area contributed by atoms with Crippen LogP contribution in [0.2, 0.25) is 5.02 Å². The van der Waals surface area contributed by atoms with Gasteiger partial charge in [-0.25, -0.2) is 8.42 Å². The Balaban J connectivity index is 1.97. The zero-order valence-corrected chi connectivity index (χ0v) is 13.4. The Kier molecular flexibility index (Phi) is 3.08. The largest absolute Gasteiger partial charge is 0.292 e. The van der Waals surface area contributed by atoms with Crippen LogP contribution < -0.4 is 0 Å². The highest BCUT2D eigenvalue weighted by Crippen LogP contribution is 2.42. The first kappa shape index (κ1) is 14.4. The lowest BCUT2D eigenvalue weighted by molar-refractivity contribution is 0.0990. The normalized spacial score (nSPS) is 19.0. The Labute approximate surface area is 138 Å². The maximum Gasteiger partial charge on any atom is 0.193 e. The van der Waals surface area contributed by atoms with Crippen LogP contribution in [-0.2, 0) is 9.84 Å². The summed E-state index contributed by atoms with van der Waals surface area (Å²) in [7, 11) is -3.75. The molecular weight excluding hydrogens is 332 g/mol. The summed E-state index contributed by atoms with van der Waals surface area (Å²) in [5.41, 5.74) is 0.711. The highest BCUT2D eigenvalue weighted by Gasteiger charge is 2.45. The maximum atomic E-state index is 12.9. The van der Waals surface area contributed by atoms with Crippen molar-refractivity contribution in [3.63, 3.8) is 0 Å². The number of hydrogen-bond donors (Lipinski definition) is 0. The summed E-state index contributed by atoms with van der Waals surface area (Å²) in [6, 6.07) is 17.0. The number of Topliss-reactive ketones (excluding diaryl/α,β-unsaturated/α-hetero) is 1. The Bertz CT molecular complexity index is 1050. The third kappa shape index (κ3) is 2.10. The maximum absolute atomic E-state index is 12.9. The minimum absolute atomic E-state index is 0.112. The van der Waals surface area contributed by atoms with E-state index in [9.17, 15) is 13.2 Å². The van der Waals surface area contributed by atoms with Crippen LogP contribution in [-0.4, -0.2) is 14.2 Å². The molecule has 1 atom stereocenters. The summed E-state index contributed by atoms with van der Waals surface area (Å²) in [6.07, 6.45) is 0. The highest BCUT2D eigenvalue weighted by molar-refractivity contribution is 7.93. The molecular formula is C18H11ClO3S. The van der Waals surface area contributed by atoms with Crippen molar-refractivity contribution in [2.75, 3.05) is 0 Å². The molecule has 0 spiro atoms. The van der Waals surface area contributed by atoms with E-state index in [0.29, 0.717) is 10.6 Å². The molecule has 0 N–H and O–H groups in total. The first-order valence-corrected chi connectivity index (χ1v) is 8.97. The van der Waals surface area contributed by atoms with E-state index >= 15 is 0 Å². The van der Waals surface area contributed by atoms with E-state index in [2.05, 4.69) is 0 Å². The molecule has 23 heavy (non-hydrogen) atoms. The highest BCUT2D eigenvalue weighted by atomic mass is 35.5. The Morgan fingerprint density at radius 3 is 2.13 bits per heavy atom. The molecule has 0 aliphatic carbocycles.